The second-order valence-corrected chi connectivity index (χ2v) is 9.47. The number of sulfone groups is 1. The third-order valence-electron chi connectivity index (χ3n) is 4.25. The van der Waals surface area contributed by atoms with Gasteiger partial charge in [0.1, 0.15) is 0 Å². The fourth-order valence-corrected chi connectivity index (χ4v) is 6.01. The van der Waals surface area contributed by atoms with Gasteiger partial charge in [-0.15, -0.1) is 11.8 Å². The number of amides is 1. The molecule has 0 spiro atoms. The highest BCUT2D eigenvalue weighted by atomic mass is 32.2. The number of hydrogen-bond acceptors (Lipinski definition) is 4. The molecule has 1 atom stereocenters. The summed E-state index contributed by atoms with van der Waals surface area (Å²) in [4.78, 5) is 15.4. The van der Waals surface area contributed by atoms with Crippen LogP contribution in [0, 0.1) is 20.8 Å². The standard InChI is InChI=1S/C17H25NO3S2/c1-5-18(15-6-7-23(20,21)11-15)16(19)10-22-17-13(3)8-12(2)9-14(17)4/h8-9,15H,5-7,10-11H2,1-4H3. The lowest BCUT2D eigenvalue weighted by molar-refractivity contribution is -0.129. The molecule has 1 fully saturated rings. The van der Waals surface area contributed by atoms with Crippen LogP contribution < -0.4 is 0 Å². The van der Waals surface area contributed by atoms with Gasteiger partial charge < -0.3 is 4.90 Å². The van der Waals surface area contributed by atoms with Crippen molar-refractivity contribution in [1.82, 2.24) is 4.90 Å². The summed E-state index contributed by atoms with van der Waals surface area (Å²) in [6.07, 6.45) is 0.565. The molecule has 0 bridgehead atoms. The summed E-state index contributed by atoms with van der Waals surface area (Å²) in [6, 6.07) is 4.10. The van der Waals surface area contributed by atoms with Crippen molar-refractivity contribution in [3.63, 3.8) is 0 Å². The van der Waals surface area contributed by atoms with E-state index in [9.17, 15) is 13.2 Å². The first-order valence-electron chi connectivity index (χ1n) is 7.94. The van der Waals surface area contributed by atoms with Gasteiger partial charge in [-0.1, -0.05) is 17.7 Å². The van der Waals surface area contributed by atoms with E-state index < -0.39 is 9.84 Å². The van der Waals surface area contributed by atoms with Crippen LogP contribution in [-0.2, 0) is 14.6 Å². The Hall–Kier alpha value is -1.01. The van der Waals surface area contributed by atoms with Crippen molar-refractivity contribution in [1.29, 1.82) is 0 Å². The summed E-state index contributed by atoms with van der Waals surface area (Å²) in [5.41, 5.74) is 3.60. The van der Waals surface area contributed by atoms with Crippen LogP contribution in [0.5, 0.6) is 0 Å². The molecule has 1 aromatic carbocycles. The molecule has 2 rings (SSSR count). The second-order valence-electron chi connectivity index (χ2n) is 6.25. The van der Waals surface area contributed by atoms with Gasteiger partial charge in [0, 0.05) is 17.5 Å². The van der Waals surface area contributed by atoms with Gasteiger partial charge in [0.05, 0.1) is 17.3 Å². The molecule has 1 aliphatic heterocycles. The average Bonchev–Trinajstić information content (AvgIpc) is 2.78. The lowest BCUT2D eigenvalue weighted by Crippen LogP contribution is -2.41. The van der Waals surface area contributed by atoms with Crippen molar-refractivity contribution in [3.05, 3.63) is 28.8 Å². The summed E-state index contributed by atoms with van der Waals surface area (Å²) in [7, 11) is -2.97. The van der Waals surface area contributed by atoms with Gasteiger partial charge in [0.25, 0.3) is 0 Å². The molecule has 1 aliphatic rings. The Morgan fingerprint density at radius 2 is 1.87 bits per heavy atom. The van der Waals surface area contributed by atoms with Crippen molar-refractivity contribution in [2.45, 2.75) is 45.1 Å². The molecule has 1 aromatic rings. The molecule has 0 N–H and O–H groups in total. The number of carbonyl (C=O) groups is 1. The van der Waals surface area contributed by atoms with Crippen LogP contribution in [0.15, 0.2) is 17.0 Å². The summed E-state index contributed by atoms with van der Waals surface area (Å²) >= 11 is 1.55. The Kier molecular flexibility index (Phi) is 5.79. The van der Waals surface area contributed by atoms with Crippen molar-refractivity contribution in [2.75, 3.05) is 23.8 Å². The zero-order valence-corrected chi connectivity index (χ0v) is 15.9. The maximum absolute atomic E-state index is 12.5. The SMILES string of the molecule is CCN(C(=O)CSc1c(C)cc(C)cc1C)C1CCS(=O)(=O)C1. The average molecular weight is 356 g/mol. The lowest BCUT2D eigenvalue weighted by Gasteiger charge is -2.27. The van der Waals surface area contributed by atoms with Crippen molar-refractivity contribution < 1.29 is 13.2 Å². The highest BCUT2D eigenvalue weighted by Gasteiger charge is 2.33. The molecule has 1 saturated heterocycles. The predicted molar refractivity (Wildman–Crippen MR) is 95.8 cm³/mol. The molecule has 23 heavy (non-hydrogen) atoms. The number of carbonyl (C=O) groups excluding carboxylic acids is 1. The summed E-state index contributed by atoms with van der Waals surface area (Å²) in [5.74, 6) is 0.693. The maximum Gasteiger partial charge on any atom is 0.233 e. The Morgan fingerprint density at radius 3 is 2.35 bits per heavy atom. The minimum atomic E-state index is -2.97. The lowest BCUT2D eigenvalue weighted by atomic mass is 10.1. The van der Waals surface area contributed by atoms with E-state index in [2.05, 4.69) is 32.9 Å². The first-order valence-corrected chi connectivity index (χ1v) is 10.7. The first-order chi connectivity index (χ1) is 10.7. The molecule has 1 unspecified atom stereocenters. The van der Waals surface area contributed by atoms with Gasteiger partial charge in [-0.3, -0.25) is 4.79 Å². The van der Waals surface area contributed by atoms with Crippen molar-refractivity contribution >= 4 is 27.5 Å². The molecule has 4 nitrogen and oxygen atoms in total. The van der Waals surface area contributed by atoms with E-state index in [4.69, 9.17) is 0 Å². The molecule has 0 radical (unpaired) electrons. The monoisotopic (exact) mass is 355 g/mol. The molecule has 0 saturated carbocycles. The number of rotatable bonds is 5. The fourth-order valence-electron chi connectivity index (χ4n) is 3.27. The zero-order valence-electron chi connectivity index (χ0n) is 14.3. The highest BCUT2D eigenvalue weighted by molar-refractivity contribution is 8.00. The van der Waals surface area contributed by atoms with Gasteiger partial charge >= 0.3 is 0 Å². The molecule has 1 heterocycles. The third kappa shape index (κ3) is 4.51. The molecular formula is C17H25NO3S2. The molecule has 1 amide bonds. The van der Waals surface area contributed by atoms with E-state index in [-0.39, 0.29) is 23.5 Å². The van der Waals surface area contributed by atoms with Crippen molar-refractivity contribution in [2.24, 2.45) is 0 Å². The topological polar surface area (TPSA) is 54.5 Å². The van der Waals surface area contributed by atoms with E-state index in [1.807, 2.05) is 6.92 Å². The Bertz CT molecular complexity index is 675. The molecule has 6 heteroatoms. The fraction of sp³-hybridized carbons (Fsp3) is 0.588. The second kappa shape index (κ2) is 7.26. The van der Waals surface area contributed by atoms with Crippen LogP contribution in [0.1, 0.15) is 30.0 Å². The van der Waals surface area contributed by atoms with Gasteiger partial charge in [0.15, 0.2) is 9.84 Å². The molecule has 0 aliphatic carbocycles. The number of aryl methyl sites for hydroxylation is 3. The summed E-state index contributed by atoms with van der Waals surface area (Å²) in [5, 5.41) is 0. The van der Waals surface area contributed by atoms with E-state index in [0.717, 1.165) is 4.90 Å². The third-order valence-corrected chi connectivity index (χ3v) is 7.33. The highest BCUT2D eigenvalue weighted by Crippen LogP contribution is 2.28. The Morgan fingerprint density at radius 1 is 1.26 bits per heavy atom. The number of hydrogen-bond donors (Lipinski definition) is 0. The van der Waals surface area contributed by atoms with Crippen LogP contribution in [0.2, 0.25) is 0 Å². The van der Waals surface area contributed by atoms with E-state index in [1.54, 1.807) is 16.7 Å². The van der Waals surface area contributed by atoms with Crippen LogP contribution in [-0.4, -0.2) is 49.1 Å². The number of benzene rings is 1. The van der Waals surface area contributed by atoms with Crippen LogP contribution >= 0.6 is 11.8 Å². The van der Waals surface area contributed by atoms with Crippen LogP contribution in [0.3, 0.4) is 0 Å². The minimum Gasteiger partial charge on any atom is -0.338 e. The predicted octanol–water partition coefficient (Wildman–Crippen LogP) is 2.74. The van der Waals surface area contributed by atoms with E-state index in [1.165, 1.54) is 16.7 Å². The first kappa shape index (κ1) is 18.3. The summed E-state index contributed by atoms with van der Waals surface area (Å²) in [6.45, 7) is 8.67. The van der Waals surface area contributed by atoms with Crippen LogP contribution in [0.4, 0.5) is 0 Å². The largest absolute Gasteiger partial charge is 0.338 e. The van der Waals surface area contributed by atoms with Gasteiger partial charge in [-0.2, -0.15) is 0 Å². The minimum absolute atomic E-state index is 0.0268. The van der Waals surface area contributed by atoms with Gasteiger partial charge in [-0.25, -0.2) is 8.42 Å². The van der Waals surface area contributed by atoms with Gasteiger partial charge in [0.2, 0.25) is 5.91 Å². The van der Waals surface area contributed by atoms with E-state index >= 15 is 0 Å². The Balaban J connectivity index is 2.04. The molecule has 0 aromatic heterocycles. The van der Waals surface area contributed by atoms with Gasteiger partial charge in [-0.05, 0) is 45.2 Å². The zero-order chi connectivity index (χ0) is 17.2. The Labute approximate surface area is 143 Å². The number of nitrogens with zero attached hydrogens (tertiary/aromatic N) is 1. The molecular weight excluding hydrogens is 330 g/mol. The van der Waals surface area contributed by atoms with E-state index in [0.29, 0.717) is 18.7 Å². The normalized spacial score (nSPS) is 19.7. The quantitative estimate of drug-likeness (QED) is 0.762. The summed E-state index contributed by atoms with van der Waals surface area (Å²) < 4.78 is 23.3. The van der Waals surface area contributed by atoms with Crippen LogP contribution in [0.25, 0.3) is 0 Å². The van der Waals surface area contributed by atoms with Crippen molar-refractivity contribution in [3.8, 4) is 0 Å². The molecule has 128 valence electrons. The number of thioether (sulfide) groups is 1. The smallest absolute Gasteiger partial charge is 0.233 e. The maximum atomic E-state index is 12.5.